The lowest BCUT2D eigenvalue weighted by Gasteiger charge is -2.37. The molecule has 0 atom stereocenters. The molecule has 0 aromatic heterocycles. The minimum atomic E-state index is -0.492. The second-order valence-corrected chi connectivity index (χ2v) is 13.0. The van der Waals surface area contributed by atoms with Crippen LogP contribution in [-0.2, 0) is 14.9 Å². The Balaban J connectivity index is 0.989. The van der Waals surface area contributed by atoms with Gasteiger partial charge in [0.15, 0.2) is 0 Å². The molecule has 4 heteroatoms. The average Bonchev–Trinajstić information content (AvgIpc) is 3.45. The van der Waals surface area contributed by atoms with Gasteiger partial charge in [-0.25, -0.2) is 0 Å². The molecular formula is C47H48O4. The van der Waals surface area contributed by atoms with Gasteiger partial charge in [0.1, 0.15) is 24.7 Å². The Labute approximate surface area is 303 Å². The molecule has 5 aromatic carbocycles. The standard InChI is InChI=1S/C47H48O4/c1-36-10-18-41(19-11-36)47(42-20-12-37(2)13-21-42,43-22-14-38(3)15-23-43)44-24-28-46(29-25-44)51-35-33-49-31-30-48-32-34-50-45-26-16-40(17-27-45)39-8-6-4-5-7-9-39/h4-29,39H,30-35H2,1-3H3. The number of hydrogen-bond donors (Lipinski definition) is 0. The summed E-state index contributed by atoms with van der Waals surface area (Å²) in [6.07, 6.45) is 12.6. The zero-order valence-corrected chi connectivity index (χ0v) is 30.0. The van der Waals surface area contributed by atoms with E-state index in [1.165, 1.54) is 44.5 Å². The predicted octanol–water partition coefficient (Wildman–Crippen LogP) is 10.3. The van der Waals surface area contributed by atoms with E-state index in [9.17, 15) is 0 Å². The van der Waals surface area contributed by atoms with Crippen LogP contribution in [0, 0.1) is 20.8 Å². The smallest absolute Gasteiger partial charge is 0.119 e. The van der Waals surface area contributed by atoms with Gasteiger partial charge < -0.3 is 18.9 Å². The SMILES string of the molecule is Cc1ccc(C(c2ccc(C)cc2)(c2ccc(C)cc2)c2ccc(OCCOCCOCCOc3ccc(C4C=CC=CC=C4)cc3)cc2)cc1. The van der Waals surface area contributed by atoms with Crippen molar-refractivity contribution < 1.29 is 18.9 Å². The van der Waals surface area contributed by atoms with Crippen molar-refractivity contribution in [2.24, 2.45) is 0 Å². The molecule has 0 saturated heterocycles. The normalized spacial score (nSPS) is 12.9. The Morgan fingerprint density at radius 1 is 0.392 bits per heavy atom. The highest BCUT2D eigenvalue weighted by Crippen LogP contribution is 2.45. The van der Waals surface area contributed by atoms with E-state index in [1.54, 1.807) is 0 Å². The van der Waals surface area contributed by atoms with Crippen LogP contribution in [0.2, 0.25) is 0 Å². The summed E-state index contributed by atoms with van der Waals surface area (Å²) in [5, 5.41) is 0. The number of aryl methyl sites for hydroxylation is 3. The Morgan fingerprint density at radius 3 is 1.12 bits per heavy atom. The lowest BCUT2D eigenvalue weighted by atomic mass is 9.65. The molecule has 4 nitrogen and oxygen atoms in total. The third kappa shape index (κ3) is 9.15. The van der Waals surface area contributed by atoms with Crippen molar-refractivity contribution >= 4 is 0 Å². The molecule has 6 rings (SSSR count). The minimum Gasteiger partial charge on any atom is -0.491 e. The number of hydrogen-bond acceptors (Lipinski definition) is 4. The van der Waals surface area contributed by atoms with Gasteiger partial charge in [-0.2, -0.15) is 0 Å². The zero-order chi connectivity index (χ0) is 35.3. The summed E-state index contributed by atoms with van der Waals surface area (Å²) in [4.78, 5) is 0. The molecule has 0 saturated carbocycles. The van der Waals surface area contributed by atoms with E-state index >= 15 is 0 Å². The molecule has 0 heterocycles. The zero-order valence-electron chi connectivity index (χ0n) is 30.0. The highest BCUT2D eigenvalue weighted by atomic mass is 16.6. The largest absolute Gasteiger partial charge is 0.491 e. The highest BCUT2D eigenvalue weighted by molar-refractivity contribution is 5.60. The first-order valence-electron chi connectivity index (χ1n) is 17.9. The van der Waals surface area contributed by atoms with Crippen LogP contribution in [0.4, 0.5) is 0 Å². The fraction of sp³-hybridized carbons (Fsp3) is 0.234. The number of rotatable bonds is 16. The van der Waals surface area contributed by atoms with E-state index in [0.29, 0.717) is 39.6 Å². The Kier molecular flexibility index (Phi) is 12.4. The first kappa shape index (κ1) is 35.7. The molecule has 1 aliphatic rings. The van der Waals surface area contributed by atoms with Crippen molar-refractivity contribution in [2.75, 3.05) is 39.6 Å². The lowest BCUT2D eigenvalue weighted by Crippen LogP contribution is -2.31. The predicted molar refractivity (Wildman–Crippen MR) is 208 cm³/mol. The highest BCUT2D eigenvalue weighted by Gasteiger charge is 2.38. The molecule has 0 amide bonds. The van der Waals surface area contributed by atoms with Crippen molar-refractivity contribution in [3.8, 4) is 11.5 Å². The summed E-state index contributed by atoms with van der Waals surface area (Å²) in [5.41, 5.74) is 9.33. The Bertz CT molecular complexity index is 1760. The van der Waals surface area contributed by atoms with Crippen LogP contribution >= 0.6 is 0 Å². The summed E-state index contributed by atoms with van der Waals surface area (Å²) >= 11 is 0. The molecule has 0 aliphatic heterocycles. The van der Waals surface area contributed by atoms with Gasteiger partial charge in [0.05, 0.1) is 31.8 Å². The van der Waals surface area contributed by atoms with Gasteiger partial charge in [-0.05, 0) is 72.9 Å². The monoisotopic (exact) mass is 676 g/mol. The van der Waals surface area contributed by atoms with Crippen LogP contribution in [0.5, 0.6) is 11.5 Å². The van der Waals surface area contributed by atoms with Gasteiger partial charge in [-0.3, -0.25) is 0 Å². The van der Waals surface area contributed by atoms with E-state index < -0.39 is 5.41 Å². The van der Waals surface area contributed by atoms with E-state index in [2.05, 4.69) is 154 Å². The fourth-order valence-electron chi connectivity index (χ4n) is 6.54. The topological polar surface area (TPSA) is 36.9 Å². The maximum absolute atomic E-state index is 6.09. The maximum atomic E-state index is 6.09. The minimum absolute atomic E-state index is 0.284. The molecule has 0 unspecified atom stereocenters. The summed E-state index contributed by atoms with van der Waals surface area (Å²) in [6, 6.07) is 43.6. The third-order valence-corrected chi connectivity index (χ3v) is 9.34. The van der Waals surface area contributed by atoms with E-state index in [4.69, 9.17) is 18.9 Å². The first-order chi connectivity index (χ1) is 25.0. The van der Waals surface area contributed by atoms with E-state index in [-0.39, 0.29) is 5.92 Å². The average molecular weight is 677 g/mol. The molecule has 260 valence electrons. The van der Waals surface area contributed by atoms with Gasteiger partial charge >= 0.3 is 0 Å². The fourth-order valence-corrected chi connectivity index (χ4v) is 6.54. The molecule has 0 radical (unpaired) electrons. The van der Waals surface area contributed by atoms with Crippen molar-refractivity contribution in [1.29, 1.82) is 0 Å². The molecule has 0 spiro atoms. The molecule has 0 N–H and O–H groups in total. The van der Waals surface area contributed by atoms with E-state index in [0.717, 1.165) is 11.5 Å². The molecular weight excluding hydrogens is 629 g/mol. The van der Waals surface area contributed by atoms with Crippen molar-refractivity contribution in [1.82, 2.24) is 0 Å². The Morgan fingerprint density at radius 2 is 0.725 bits per heavy atom. The van der Waals surface area contributed by atoms with E-state index in [1.807, 2.05) is 24.3 Å². The molecule has 0 bridgehead atoms. The maximum Gasteiger partial charge on any atom is 0.119 e. The third-order valence-electron chi connectivity index (χ3n) is 9.34. The van der Waals surface area contributed by atoms with Crippen LogP contribution in [0.15, 0.2) is 158 Å². The quantitative estimate of drug-likeness (QED) is 0.0770. The summed E-state index contributed by atoms with van der Waals surface area (Å²) < 4.78 is 23.4. The second-order valence-electron chi connectivity index (χ2n) is 13.0. The number of benzene rings is 5. The summed E-state index contributed by atoms with van der Waals surface area (Å²) in [5.74, 6) is 1.94. The van der Waals surface area contributed by atoms with Gasteiger partial charge in [0.25, 0.3) is 0 Å². The second kappa shape index (κ2) is 17.7. The van der Waals surface area contributed by atoms with Gasteiger partial charge in [0, 0.05) is 5.92 Å². The van der Waals surface area contributed by atoms with Crippen LogP contribution in [0.25, 0.3) is 0 Å². The lowest BCUT2D eigenvalue weighted by molar-refractivity contribution is 0.0273. The van der Waals surface area contributed by atoms with Crippen molar-refractivity contribution in [3.63, 3.8) is 0 Å². The van der Waals surface area contributed by atoms with Crippen molar-refractivity contribution in [2.45, 2.75) is 32.1 Å². The van der Waals surface area contributed by atoms with Gasteiger partial charge in [-0.15, -0.1) is 0 Å². The number of allylic oxidation sites excluding steroid dienone is 6. The van der Waals surface area contributed by atoms with Gasteiger partial charge in [0.2, 0.25) is 0 Å². The number of ether oxygens (including phenoxy) is 4. The van der Waals surface area contributed by atoms with Crippen LogP contribution in [-0.4, -0.2) is 39.6 Å². The van der Waals surface area contributed by atoms with Crippen LogP contribution in [0.1, 0.15) is 50.4 Å². The summed E-state index contributed by atoms with van der Waals surface area (Å²) in [7, 11) is 0. The van der Waals surface area contributed by atoms with Crippen LogP contribution in [0.3, 0.4) is 0 Å². The molecule has 5 aromatic rings. The first-order valence-corrected chi connectivity index (χ1v) is 17.9. The summed E-state index contributed by atoms with van der Waals surface area (Å²) in [6.45, 7) is 9.34. The Hall–Kier alpha value is -5.16. The van der Waals surface area contributed by atoms with Crippen LogP contribution < -0.4 is 9.47 Å². The van der Waals surface area contributed by atoms with Gasteiger partial charge in [-0.1, -0.05) is 150 Å². The molecule has 51 heavy (non-hydrogen) atoms. The molecule has 0 fully saturated rings. The van der Waals surface area contributed by atoms with Crippen molar-refractivity contribution in [3.05, 3.63) is 202 Å². The molecule has 1 aliphatic carbocycles.